The fourth-order valence-corrected chi connectivity index (χ4v) is 1.85. The molecule has 1 aromatic rings. The van der Waals surface area contributed by atoms with Gasteiger partial charge in [0.15, 0.2) is 0 Å². The van der Waals surface area contributed by atoms with Crippen molar-refractivity contribution in [3.8, 4) is 0 Å². The van der Waals surface area contributed by atoms with Gasteiger partial charge in [0.25, 0.3) is 0 Å². The third-order valence-electron chi connectivity index (χ3n) is 2.65. The SMILES string of the molecule is O=C(O)C1CCC1Nc1cncc(Cl)c1. The highest BCUT2D eigenvalue weighted by Gasteiger charge is 2.36. The molecule has 0 saturated heterocycles. The molecule has 1 aliphatic carbocycles. The van der Waals surface area contributed by atoms with Gasteiger partial charge in [0.05, 0.1) is 22.8 Å². The molecular formula is C10H11ClN2O2. The molecule has 2 atom stereocenters. The standard InChI is InChI=1S/C10H11ClN2O2/c11-6-3-7(5-12-4-6)13-9-2-1-8(9)10(14)15/h3-5,8-9,13H,1-2H2,(H,14,15). The van der Waals surface area contributed by atoms with E-state index in [4.69, 9.17) is 16.7 Å². The first-order chi connectivity index (χ1) is 7.16. The Kier molecular flexibility index (Phi) is 2.77. The Balaban J connectivity index is 2.00. The van der Waals surface area contributed by atoms with E-state index in [0.717, 1.165) is 18.5 Å². The van der Waals surface area contributed by atoms with Gasteiger partial charge in [-0.3, -0.25) is 9.78 Å². The van der Waals surface area contributed by atoms with Gasteiger partial charge >= 0.3 is 5.97 Å². The van der Waals surface area contributed by atoms with E-state index in [1.165, 1.54) is 0 Å². The van der Waals surface area contributed by atoms with Crippen LogP contribution in [0.2, 0.25) is 5.02 Å². The van der Waals surface area contributed by atoms with Crippen molar-refractivity contribution in [2.24, 2.45) is 5.92 Å². The van der Waals surface area contributed by atoms with Crippen LogP contribution in [0.3, 0.4) is 0 Å². The minimum atomic E-state index is -0.742. The lowest BCUT2D eigenvalue weighted by Gasteiger charge is -2.34. The second-order valence-corrected chi connectivity index (χ2v) is 4.10. The lowest BCUT2D eigenvalue weighted by atomic mass is 9.79. The van der Waals surface area contributed by atoms with Gasteiger partial charge in [-0.15, -0.1) is 0 Å². The summed E-state index contributed by atoms with van der Waals surface area (Å²) in [6.45, 7) is 0. The molecule has 1 saturated carbocycles. The van der Waals surface area contributed by atoms with Crippen LogP contribution in [0.1, 0.15) is 12.8 Å². The molecule has 1 fully saturated rings. The second-order valence-electron chi connectivity index (χ2n) is 3.66. The summed E-state index contributed by atoms with van der Waals surface area (Å²) in [5.41, 5.74) is 0.776. The van der Waals surface area contributed by atoms with Crippen LogP contribution in [0.5, 0.6) is 0 Å². The van der Waals surface area contributed by atoms with Gasteiger partial charge in [-0.25, -0.2) is 0 Å². The van der Waals surface area contributed by atoms with Crippen LogP contribution < -0.4 is 5.32 Å². The van der Waals surface area contributed by atoms with Gasteiger partial charge in [-0.2, -0.15) is 0 Å². The summed E-state index contributed by atoms with van der Waals surface area (Å²) in [4.78, 5) is 14.7. The number of halogens is 1. The number of hydrogen-bond donors (Lipinski definition) is 2. The zero-order valence-electron chi connectivity index (χ0n) is 7.98. The van der Waals surface area contributed by atoms with E-state index in [-0.39, 0.29) is 12.0 Å². The Morgan fingerprint density at radius 1 is 1.53 bits per heavy atom. The van der Waals surface area contributed by atoms with Gasteiger partial charge < -0.3 is 10.4 Å². The number of rotatable bonds is 3. The second kappa shape index (κ2) is 4.06. The molecule has 0 aromatic carbocycles. The number of carboxylic acids is 1. The molecule has 0 bridgehead atoms. The normalized spacial score (nSPS) is 24.3. The maximum absolute atomic E-state index is 10.8. The average Bonchev–Trinajstić information content (AvgIpc) is 2.11. The third-order valence-corrected chi connectivity index (χ3v) is 2.86. The molecule has 4 nitrogen and oxygen atoms in total. The third kappa shape index (κ3) is 2.21. The summed E-state index contributed by atoms with van der Waals surface area (Å²) >= 11 is 5.77. The number of carbonyl (C=O) groups is 1. The van der Waals surface area contributed by atoms with Crippen LogP contribution in [0.15, 0.2) is 18.5 Å². The number of pyridine rings is 1. The molecule has 0 spiro atoms. The van der Waals surface area contributed by atoms with Crippen LogP contribution in [0.4, 0.5) is 5.69 Å². The molecule has 80 valence electrons. The van der Waals surface area contributed by atoms with E-state index in [1.54, 1.807) is 18.5 Å². The van der Waals surface area contributed by atoms with Gasteiger partial charge in [-0.1, -0.05) is 11.6 Å². The minimum Gasteiger partial charge on any atom is -0.481 e. The lowest BCUT2D eigenvalue weighted by Crippen LogP contribution is -2.42. The summed E-state index contributed by atoms with van der Waals surface area (Å²) in [6.07, 6.45) is 4.80. The molecule has 0 amide bonds. The Morgan fingerprint density at radius 2 is 2.33 bits per heavy atom. The van der Waals surface area contributed by atoms with Crippen LogP contribution in [-0.4, -0.2) is 22.1 Å². The Morgan fingerprint density at radius 3 is 2.87 bits per heavy atom. The first kappa shape index (κ1) is 10.2. The Hall–Kier alpha value is -1.29. The Labute approximate surface area is 92.3 Å². The topological polar surface area (TPSA) is 62.2 Å². The predicted molar refractivity (Wildman–Crippen MR) is 57.0 cm³/mol. The monoisotopic (exact) mass is 226 g/mol. The molecule has 0 radical (unpaired) electrons. The highest BCUT2D eigenvalue weighted by Crippen LogP contribution is 2.30. The van der Waals surface area contributed by atoms with Gasteiger partial charge in [0.2, 0.25) is 0 Å². The zero-order valence-corrected chi connectivity index (χ0v) is 8.74. The smallest absolute Gasteiger partial charge is 0.308 e. The van der Waals surface area contributed by atoms with Crippen molar-refractivity contribution in [3.63, 3.8) is 0 Å². The molecular weight excluding hydrogens is 216 g/mol. The van der Waals surface area contributed by atoms with E-state index in [1.807, 2.05) is 0 Å². The van der Waals surface area contributed by atoms with Crippen molar-refractivity contribution in [3.05, 3.63) is 23.5 Å². The lowest BCUT2D eigenvalue weighted by molar-refractivity contribution is -0.144. The number of carboxylic acid groups (broad SMARTS) is 1. The van der Waals surface area contributed by atoms with Crippen LogP contribution >= 0.6 is 11.6 Å². The fourth-order valence-electron chi connectivity index (χ4n) is 1.67. The molecule has 1 aliphatic rings. The molecule has 1 heterocycles. The number of nitrogens with one attached hydrogen (secondary N) is 1. The number of hydrogen-bond acceptors (Lipinski definition) is 3. The first-order valence-corrected chi connectivity index (χ1v) is 5.14. The zero-order chi connectivity index (χ0) is 10.8. The van der Waals surface area contributed by atoms with Crippen LogP contribution in [-0.2, 0) is 4.79 Å². The fraction of sp³-hybridized carbons (Fsp3) is 0.400. The van der Waals surface area contributed by atoms with E-state index in [2.05, 4.69) is 10.3 Å². The maximum Gasteiger partial charge on any atom is 0.308 e. The van der Waals surface area contributed by atoms with Crippen LogP contribution in [0, 0.1) is 5.92 Å². The quantitative estimate of drug-likeness (QED) is 0.828. The maximum atomic E-state index is 10.8. The van der Waals surface area contributed by atoms with E-state index < -0.39 is 5.97 Å². The number of aliphatic carboxylic acids is 1. The summed E-state index contributed by atoms with van der Waals surface area (Å²) < 4.78 is 0. The predicted octanol–water partition coefficient (Wildman–Crippen LogP) is 2.01. The molecule has 2 rings (SSSR count). The molecule has 1 aromatic heterocycles. The average molecular weight is 227 g/mol. The number of nitrogens with zero attached hydrogens (tertiary/aromatic N) is 1. The van der Waals surface area contributed by atoms with Crippen molar-refractivity contribution in [1.29, 1.82) is 0 Å². The molecule has 5 heteroatoms. The minimum absolute atomic E-state index is 0.00256. The van der Waals surface area contributed by atoms with Crippen molar-refractivity contribution in [1.82, 2.24) is 4.98 Å². The van der Waals surface area contributed by atoms with Gasteiger partial charge in [0.1, 0.15) is 0 Å². The molecule has 2 N–H and O–H groups in total. The summed E-state index contributed by atoms with van der Waals surface area (Å²) in [5, 5.41) is 12.5. The van der Waals surface area contributed by atoms with Crippen molar-refractivity contribution >= 4 is 23.3 Å². The first-order valence-electron chi connectivity index (χ1n) is 4.76. The number of anilines is 1. The van der Waals surface area contributed by atoms with E-state index in [9.17, 15) is 4.79 Å². The van der Waals surface area contributed by atoms with Crippen LogP contribution in [0.25, 0.3) is 0 Å². The largest absolute Gasteiger partial charge is 0.481 e. The molecule has 15 heavy (non-hydrogen) atoms. The van der Waals surface area contributed by atoms with Gasteiger partial charge in [0, 0.05) is 12.2 Å². The number of aromatic nitrogens is 1. The highest BCUT2D eigenvalue weighted by molar-refractivity contribution is 6.30. The van der Waals surface area contributed by atoms with Gasteiger partial charge in [-0.05, 0) is 18.9 Å². The van der Waals surface area contributed by atoms with E-state index >= 15 is 0 Å². The summed E-state index contributed by atoms with van der Waals surface area (Å²) in [7, 11) is 0. The van der Waals surface area contributed by atoms with Crippen molar-refractivity contribution in [2.75, 3.05) is 5.32 Å². The summed E-state index contributed by atoms with van der Waals surface area (Å²) in [5.74, 6) is -1.03. The molecule has 0 aliphatic heterocycles. The van der Waals surface area contributed by atoms with Crippen molar-refractivity contribution in [2.45, 2.75) is 18.9 Å². The highest BCUT2D eigenvalue weighted by atomic mass is 35.5. The van der Waals surface area contributed by atoms with Crippen molar-refractivity contribution < 1.29 is 9.90 Å². The summed E-state index contributed by atoms with van der Waals surface area (Å²) in [6, 6.07) is 1.74. The molecule has 2 unspecified atom stereocenters. The van der Waals surface area contributed by atoms with E-state index in [0.29, 0.717) is 5.02 Å². The Bertz CT molecular complexity index is 383.